The number of carboxylic acid groups (broad SMARTS) is 1. The highest BCUT2D eigenvalue weighted by molar-refractivity contribution is 5.77. The van der Waals surface area contributed by atoms with Gasteiger partial charge in [-0.15, -0.1) is 0 Å². The molecule has 0 fully saturated rings. The molecule has 0 spiro atoms. The zero-order valence-corrected chi connectivity index (χ0v) is 10.8. The lowest BCUT2D eigenvalue weighted by atomic mass is 10.2. The molecule has 0 atom stereocenters. The van der Waals surface area contributed by atoms with Gasteiger partial charge in [0.1, 0.15) is 5.60 Å². The van der Waals surface area contributed by atoms with Gasteiger partial charge in [-0.05, 0) is 32.9 Å². The largest absolute Gasteiger partial charge is 0.506 e. The van der Waals surface area contributed by atoms with E-state index in [2.05, 4.69) is 21.9 Å². The third-order valence-corrected chi connectivity index (χ3v) is 1.91. The van der Waals surface area contributed by atoms with Gasteiger partial charge in [-0.1, -0.05) is 24.3 Å². The summed E-state index contributed by atoms with van der Waals surface area (Å²) >= 11 is 0. The van der Waals surface area contributed by atoms with Gasteiger partial charge in [0.05, 0.1) is 5.52 Å². The Bertz CT molecular complexity index is 452. The van der Waals surface area contributed by atoms with Crippen LogP contribution in [0.25, 0.3) is 10.9 Å². The summed E-state index contributed by atoms with van der Waals surface area (Å²) in [6.45, 7) is 5.04. The van der Waals surface area contributed by atoms with Crippen LogP contribution in [0.3, 0.4) is 0 Å². The third kappa shape index (κ3) is 5.30. The van der Waals surface area contributed by atoms with Crippen molar-refractivity contribution in [3.8, 4) is 0 Å². The van der Waals surface area contributed by atoms with E-state index in [1.54, 1.807) is 20.8 Å². The lowest BCUT2D eigenvalue weighted by molar-refractivity contribution is 0.0150. The van der Waals surface area contributed by atoms with Crippen molar-refractivity contribution < 1.29 is 14.6 Å². The first-order valence-corrected chi connectivity index (χ1v) is 5.60. The van der Waals surface area contributed by atoms with Gasteiger partial charge in [0.15, 0.2) is 0 Å². The molecule has 0 aliphatic heterocycles. The first-order chi connectivity index (χ1) is 8.38. The number of fused-ring (bicyclic) bond motifs is 1. The minimum Gasteiger partial charge on any atom is -0.450 e. The molecule has 1 N–H and O–H groups in total. The van der Waals surface area contributed by atoms with Gasteiger partial charge in [0.25, 0.3) is 0 Å². The molecule has 1 heterocycles. The smallest absolute Gasteiger partial charge is 0.450 e. The maximum absolute atomic E-state index is 9.79. The molecule has 0 aliphatic carbocycles. The standard InChI is InChI=1S/C9H7N.C5H10O3/c1-2-6-9-8(4-1)5-3-7-10-9;1-5(2,3)8-4(6)7/h1-7H;1-3H3,(H,6,7). The van der Waals surface area contributed by atoms with E-state index in [1.165, 1.54) is 5.39 Å². The number of pyridine rings is 1. The fraction of sp³-hybridized carbons (Fsp3) is 0.286. The summed E-state index contributed by atoms with van der Waals surface area (Å²) in [6.07, 6.45) is 0.583. The van der Waals surface area contributed by atoms with Crippen molar-refractivity contribution in [2.24, 2.45) is 0 Å². The highest BCUT2D eigenvalue weighted by Crippen LogP contribution is 2.08. The molecule has 0 saturated carbocycles. The van der Waals surface area contributed by atoms with Crippen molar-refractivity contribution >= 4 is 17.1 Å². The molecule has 2 rings (SSSR count). The normalized spacial score (nSPS) is 10.4. The van der Waals surface area contributed by atoms with Gasteiger partial charge in [-0.2, -0.15) is 0 Å². The highest BCUT2D eigenvalue weighted by Gasteiger charge is 2.13. The van der Waals surface area contributed by atoms with E-state index in [9.17, 15) is 4.79 Å². The van der Waals surface area contributed by atoms with E-state index in [0.717, 1.165) is 5.52 Å². The number of hydrogen-bond donors (Lipinski definition) is 1. The van der Waals surface area contributed by atoms with E-state index in [1.807, 2.05) is 30.5 Å². The van der Waals surface area contributed by atoms with Crippen LogP contribution in [-0.2, 0) is 4.74 Å². The molecule has 1 aromatic carbocycles. The summed E-state index contributed by atoms with van der Waals surface area (Å²) in [4.78, 5) is 14.0. The first-order valence-electron chi connectivity index (χ1n) is 5.60. The van der Waals surface area contributed by atoms with Crippen molar-refractivity contribution in [3.63, 3.8) is 0 Å². The summed E-state index contributed by atoms with van der Waals surface area (Å²) in [5.41, 5.74) is 0.483. The van der Waals surface area contributed by atoms with Crippen LogP contribution in [0.4, 0.5) is 4.79 Å². The summed E-state index contributed by atoms with van der Waals surface area (Å²) in [7, 11) is 0. The zero-order valence-electron chi connectivity index (χ0n) is 10.8. The van der Waals surface area contributed by atoms with Crippen LogP contribution in [0, 0.1) is 0 Å². The molecule has 0 unspecified atom stereocenters. The van der Waals surface area contributed by atoms with E-state index in [-0.39, 0.29) is 0 Å². The van der Waals surface area contributed by atoms with Crippen LogP contribution in [0.5, 0.6) is 0 Å². The molecule has 2 aromatic rings. The highest BCUT2D eigenvalue weighted by atomic mass is 16.7. The third-order valence-electron chi connectivity index (χ3n) is 1.91. The van der Waals surface area contributed by atoms with Gasteiger partial charge in [0.2, 0.25) is 0 Å². The Morgan fingerprint density at radius 1 is 1.17 bits per heavy atom. The van der Waals surface area contributed by atoms with Crippen molar-refractivity contribution in [1.29, 1.82) is 0 Å². The van der Waals surface area contributed by atoms with Crippen LogP contribution in [0.2, 0.25) is 0 Å². The fourth-order valence-electron chi connectivity index (χ4n) is 1.28. The molecule has 0 saturated heterocycles. The number of benzene rings is 1. The molecule has 0 radical (unpaired) electrons. The topological polar surface area (TPSA) is 59.4 Å². The Kier molecular flexibility index (Phi) is 4.66. The summed E-state index contributed by atoms with van der Waals surface area (Å²) in [6, 6.07) is 12.1. The molecule has 4 heteroatoms. The van der Waals surface area contributed by atoms with Crippen LogP contribution in [-0.4, -0.2) is 21.8 Å². The summed E-state index contributed by atoms with van der Waals surface area (Å²) in [5.74, 6) is 0. The monoisotopic (exact) mass is 247 g/mol. The summed E-state index contributed by atoms with van der Waals surface area (Å²) in [5, 5.41) is 9.23. The number of aromatic nitrogens is 1. The van der Waals surface area contributed by atoms with Gasteiger partial charge >= 0.3 is 6.16 Å². The van der Waals surface area contributed by atoms with Crippen LogP contribution in [0.1, 0.15) is 20.8 Å². The lowest BCUT2D eigenvalue weighted by Gasteiger charge is -2.15. The van der Waals surface area contributed by atoms with Gasteiger partial charge in [0, 0.05) is 11.6 Å². The maximum atomic E-state index is 9.79. The predicted octanol–water partition coefficient (Wildman–Crippen LogP) is 3.71. The van der Waals surface area contributed by atoms with Gasteiger partial charge in [-0.3, -0.25) is 4.98 Å². The Hall–Kier alpha value is -2.10. The Morgan fingerprint density at radius 3 is 2.28 bits per heavy atom. The van der Waals surface area contributed by atoms with Gasteiger partial charge < -0.3 is 9.84 Å². The second-order valence-electron chi connectivity index (χ2n) is 4.68. The molecule has 96 valence electrons. The molecule has 1 aromatic heterocycles. The molecule has 4 nitrogen and oxygen atoms in total. The number of carbonyl (C=O) groups is 1. The second-order valence-corrected chi connectivity index (χ2v) is 4.68. The van der Waals surface area contributed by atoms with Crippen LogP contribution < -0.4 is 0 Å². The number of rotatable bonds is 0. The van der Waals surface area contributed by atoms with E-state index in [0.29, 0.717) is 0 Å². The molecule has 0 amide bonds. The summed E-state index contributed by atoms with van der Waals surface area (Å²) < 4.78 is 4.35. The number of nitrogens with zero attached hydrogens (tertiary/aromatic N) is 1. The fourth-order valence-corrected chi connectivity index (χ4v) is 1.28. The molecular weight excluding hydrogens is 230 g/mol. The Morgan fingerprint density at radius 2 is 1.78 bits per heavy atom. The Labute approximate surface area is 106 Å². The van der Waals surface area contributed by atoms with E-state index < -0.39 is 11.8 Å². The van der Waals surface area contributed by atoms with Crippen molar-refractivity contribution in [1.82, 2.24) is 4.98 Å². The first kappa shape index (κ1) is 14.0. The minimum absolute atomic E-state index is 0.578. The van der Waals surface area contributed by atoms with Crippen molar-refractivity contribution in [2.75, 3.05) is 0 Å². The SMILES string of the molecule is CC(C)(C)OC(=O)O.c1ccc2ncccc2c1. The minimum atomic E-state index is -1.22. The molecule has 0 bridgehead atoms. The number of para-hydroxylation sites is 1. The van der Waals surface area contributed by atoms with Crippen molar-refractivity contribution in [2.45, 2.75) is 26.4 Å². The molecular formula is C14H17NO3. The predicted molar refractivity (Wildman–Crippen MR) is 70.6 cm³/mol. The lowest BCUT2D eigenvalue weighted by Crippen LogP contribution is -2.22. The van der Waals surface area contributed by atoms with Crippen LogP contribution >= 0.6 is 0 Å². The van der Waals surface area contributed by atoms with Crippen LogP contribution in [0.15, 0.2) is 42.6 Å². The Balaban J connectivity index is 0.000000187. The van der Waals surface area contributed by atoms with Crippen molar-refractivity contribution in [3.05, 3.63) is 42.6 Å². The number of hydrogen-bond acceptors (Lipinski definition) is 3. The quantitative estimate of drug-likeness (QED) is 0.721. The average molecular weight is 247 g/mol. The average Bonchev–Trinajstić information content (AvgIpc) is 2.27. The van der Waals surface area contributed by atoms with Gasteiger partial charge in [-0.25, -0.2) is 4.79 Å². The van der Waals surface area contributed by atoms with E-state index in [4.69, 9.17) is 5.11 Å². The van der Waals surface area contributed by atoms with E-state index >= 15 is 0 Å². The zero-order chi connectivity index (χ0) is 13.6. The maximum Gasteiger partial charge on any atom is 0.506 e. The molecule has 18 heavy (non-hydrogen) atoms. The number of ether oxygens (including phenoxy) is 1. The second kappa shape index (κ2) is 6.00. The molecule has 0 aliphatic rings.